The summed E-state index contributed by atoms with van der Waals surface area (Å²) in [6.07, 6.45) is 2.97. The van der Waals surface area contributed by atoms with E-state index in [-0.39, 0.29) is 24.6 Å². The Morgan fingerprint density at radius 3 is 2.35 bits per heavy atom. The van der Waals surface area contributed by atoms with Crippen LogP contribution in [0.15, 0.2) is 78.9 Å². The fourth-order valence-electron chi connectivity index (χ4n) is 4.25. The third-order valence-corrected chi connectivity index (χ3v) is 7.93. The molecule has 0 aromatic heterocycles. The van der Waals surface area contributed by atoms with Crippen LogP contribution < -0.4 is 14.4 Å². The molecular formula is C30H36ClN3O5S. The average molecular weight is 586 g/mol. The van der Waals surface area contributed by atoms with Crippen molar-refractivity contribution in [3.8, 4) is 5.75 Å². The summed E-state index contributed by atoms with van der Waals surface area (Å²) in [5.74, 6) is -0.409. The summed E-state index contributed by atoms with van der Waals surface area (Å²) in [6, 6.07) is 22.1. The van der Waals surface area contributed by atoms with Crippen molar-refractivity contribution >= 4 is 39.1 Å². The van der Waals surface area contributed by atoms with Crippen LogP contribution in [0, 0.1) is 0 Å². The molecule has 8 nitrogen and oxygen atoms in total. The Kier molecular flexibility index (Phi) is 11.4. The van der Waals surface area contributed by atoms with Gasteiger partial charge in [0.25, 0.3) is 0 Å². The molecule has 0 bridgehead atoms. The number of hydrogen-bond acceptors (Lipinski definition) is 5. The second-order valence-electron chi connectivity index (χ2n) is 9.43. The second-order valence-corrected chi connectivity index (χ2v) is 11.7. The number of anilines is 1. The molecule has 214 valence electrons. The van der Waals surface area contributed by atoms with Gasteiger partial charge in [-0.05, 0) is 35.7 Å². The molecule has 0 aliphatic carbocycles. The minimum atomic E-state index is -3.87. The zero-order valence-corrected chi connectivity index (χ0v) is 24.6. The first kappa shape index (κ1) is 31.0. The molecule has 0 aliphatic heterocycles. The van der Waals surface area contributed by atoms with Crippen molar-refractivity contribution < 1.29 is 22.7 Å². The lowest BCUT2D eigenvalue weighted by Gasteiger charge is -2.33. The van der Waals surface area contributed by atoms with Gasteiger partial charge in [0.05, 0.1) is 19.1 Å². The Morgan fingerprint density at radius 1 is 1.00 bits per heavy atom. The van der Waals surface area contributed by atoms with Crippen molar-refractivity contribution in [2.45, 2.75) is 38.8 Å². The van der Waals surface area contributed by atoms with Crippen molar-refractivity contribution in [1.29, 1.82) is 0 Å². The number of nitrogens with one attached hydrogen (secondary N) is 1. The summed E-state index contributed by atoms with van der Waals surface area (Å²) in [7, 11) is -2.39. The molecule has 0 radical (unpaired) electrons. The number of rotatable bonds is 14. The molecule has 3 aromatic rings. The van der Waals surface area contributed by atoms with Gasteiger partial charge in [-0.3, -0.25) is 13.9 Å². The van der Waals surface area contributed by atoms with Crippen molar-refractivity contribution in [1.82, 2.24) is 10.2 Å². The van der Waals surface area contributed by atoms with Crippen LogP contribution in [-0.2, 0) is 32.6 Å². The maximum atomic E-state index is 14.1. The quantitative estimate of drug-likeness (QED) is 0.277. The first-order valence-electron chi connectivity index (χ1n) is 13.1. The normalized spacial score (nSPS) is 11.9. The van der Waals surface area contributed by atoms with Gasteiger partial charge >= 0.3 is 0 Å². The summed E-state index contributed by atoms with van der Waals surface area (Å²) in [5.41, 5.74) is 1.78. The highest BCUT2D eigenvalue weighted by atomic mass is 35.5. The van der Waals surface area contributed by atoms with E-state index in [1.54, 1.807) is 48.5 Å². The zero-order chi connectivity index (χ0) is 29.1. The van der Waals surface area contributed by atoms with E-state index in [9.17, 15) is 18.0 Å². The molecule has 2 amide bonds. The molecule has 1 atom stereocenters. The van der Waals surface area contributed by atoms with Crippen LogP contribution in [0.1, 0.15) is 30.9 Å². The van der Waals surface area contributed by atoms with Crippen molar-refractivity contribution in [3.63, 3.8) is 0 Å². The third-order valence-electron chi connectivity index (χ3n) is 6.42. The number of halogens is 1. The smallest absolute Gasteiger partial charge is 0.244 e. The topological polar surface area (TPSA) is 96.0 Å². The predicted molar refractivity (Wildman–Crippen MR) is 159 cm³/mol. The number of ether oxygens (including phenoxy) is 1. The number of methoxy groups -OCH3 is 1. The van der Waals surface area contributed by atoms with Gasteiger partial charge in [0.1, 0.15) is 18.3 Å². The molecule has 0 spiro atoms. The first-order valence-corrected chi connectivity index (χ1v) is 15.3. The molecule has 0 heterocycles. The van der Waals surface area contributed by atoms with Crippen LogP contribution in [0.2, 0.25) is 5.02 Å². The highest BCUT2D eigenvalue weighted by Gasteiger charge is 2.33. The molecule has 40 heavy (non-hydrogen) atoms. The lowest BCUT2D eigenvalue weighted by molar-refractivity contribution is -0.140. The molecular weight excluding hydrogens is 550 g/mol. The van der Waals surface area contributed by atoms with Gasteiger partial charge in [0.2, 0.25) is 21.8 Å². The van der Waals surface area contributed by atoms with Crippen LogP contribution in [0.3, 0.4) is 0 Å². The van der Waals surface area contributed by atoms with E-state index < -0.39 is 28.5 Å². The third kappa shape index (κ3) is 8.72. The molecule has 3 aromatic carbocycles. The Labute approximate surface area is 241 Å². The SMILES string of the molecule is CCCCNC(=O)[C@H](Cc1ccccc1)N(Cc1ccccc1Cl)C(=O)CN(c1cccc(OC)c1)S(C)(=O)=O. The van der Waals surface area contributed by atoms with Gasteiger partial charge in [0.15, 0.2) is 0 Å². The van der Waals surface area contributed by atoms with E-state index in [0.717, 1.165) is 29.0 Å². The minimum absolute atomic E-state index is 0.0208. The fourth-order valence-corrected chi connectivity index (χ4v) is 5.29. The summed E-state index contributed by atoms with van der Waals surface area (Å²) >= 11 is 6.47. The highest BCUT2D eigenvalue weighted by molar-refractivity contribution is 7.92. The number of hydrogen-bond donors (Lipinski definition) is 1. The van der Waals surface area contributed by atoms with E-state index in [2.05, 4.69) is 5.32 Å². The molecule has 0 aliphatic rings. The van der Waals surface area contributed by atoms with Gasteiger partial charge in [-0.1, -0.05) is 79.5 Å². The van der Waals surface area contributed by atoms with Gasteiger partial charge in [-0.15, -0.1) is 0 Å². The van der Waals surface area contributed by atoms with Crippen LogP contribution in [0.5, 0.6) is 5.75 Å². The van der Waals surface area contributed by atoms with E-state index in [4.69, 9.17) is 16.3 Å². The molecule has 0 saturated carbocycles. The number of carbonyl (C=O) groups is 2. The molecule has 0 unspecified atom stereocenters. The predicted octanol–water partition coefficient (Wildman–Crippen LogP) is 4.67. The number of carbonyl (C=O) groups excluding carboxylic acids is 2. The maximum absolute atomic E-state index is 14.1. The van der Waals surface area contributed by atoms with Crippen molar-refractivity contribution in [3.05, 3.63) is 95.0 Å². The number of unbranched alkanes of at least 4 members (excludes halogenated alkanes) is 1. The summed E-state index contributed by atoms with van der Waals surface area (Å²) in [6.45, 7) is 2.00. The van der Waals surface area contributed by atoms with E-state index in [1.165, 1.54) is 12.0 Å². The zero-order valence-electron chi connectivity index (χ0n) is 23.0. The molecule has 3 rings (SSSR count). The maximum Gasteiger partial charge on any atom is 0.244 e. The standard InChI is InChI=1S/C30H36ClN3O5S/c1-4-5-18-32-30(36)28(19-23-12-7-6-8-13-23)33(21-24-14-9-10-17-27(24)31)29(35)22-34(40(3,37)38)25-15-11-16-26(20-25)39-2/h6-17,20,28H,4-5,18-19,21-22H2,1-3H3,(H,32,36)/t28-/m0/s1. The van der Waals surface area contributed by atoms with Crippen LogP contribution in [-0.4, -0.2) is 57.6 Å². The van der Waals surface area contributed by atoms with Crippen LogP contribution in [0.4, 0.5) is 5.69 Å². The number of amides is 2. The molecule has 0 fully saturated rings. The van der Waals surface area contributed by atoms with Gasteiger partial charge in [-0.25, -0.2) is 8.42 Å². The fraction of sp³-hybridized carbons (Fsp3) is 0.333. The van der Waals surface area contributed by atoms with Crippen molar-refractivity contribution in [2.24, 2.45) is 0 Å². The summed E-state index contributed by atoms with van der Waals surface area (Å²) in [4.78, 5) is 29.1. The van der Waals surface area contributed by atoms with Gasteiger partial charge < -0.3 is 15.0 Å². The summed E-state index contributed by atoms with van der Waals surface area (Å²) in [5, 5.41) is 3.40. The molecule has 0 saturated heterocycles. The average Bonchev–Trinajstić information content (AvgIpc) is 2.94. The monoisotopic (exact) mass is 585 g/mol. The van der Waals surface area contributed by atoms with E-state index in [1.807, 2.05) is 37.3 Å². The van der Waals surface area contributed by atoms with Gasteiger partial charge in [0, 0.05) is 30.6 Å². The van der Waals surface area contributed by atoms with Crippen LogP contribution in [0.25, 0.3) is 0 Å². The second kappa shape index (κ2) is 14.7. The lowest BCUT2D eigenvalue weighted by Crippen LogP contribution is -2.53. The minimum Gasteiger partial charge on any atom is -0.497 e. The Morgan fingerprint density at radius 2 is 1.70 bits per heavy atom. The van der Waals surface area contributed by atoms with E-state index in [0.29, 0.717) is 22.9 Å². The Hall–Kier alpha value is -3.56. The summed E-state index contributed by atoms with van der Waals surface area (Å²) < 4.78 is 32.1. The van der Waals surface area contributed by atoms with E-state index >= 15 is 0 Å². The molecule has 1 N–H and O–H groups in total. The first-order chi connectivity index (χ1) is 19.1. The molecule has 10 heteroatoms. The lowest BCUT2D eigenvalue weighted by atomic mass is 10.0. The Bertz CT molecular complexity index is 1380. The highest BCUT2D eigenvalue weighted by Crippen LogP contribution is 2.25. The Balaban J connectivity index is 2.05. The largest absolute Gasteiger partial charge is 0.497 e. The van der Waals surface area contributed by atoms with Crippen LogP contribution >= 0.6 is 11.6 Å². The number of benzene rings is 3. The number of nitrogens with zero attached hydrogens (tertiary/aromatic N) is 2. The van der Waals surface area contributed by atoms with Gasteiger partial charge in [-0.2, -0.15) is 0 Å². The number of sulfonamides is 1. The van der Waals surface area contributed by atoms with Crippen molar-refractivity contribution in [2.75, 3.05) is 30.8 Å².